The van der Waals surface area contributed by atoms with Gasteiger partial charge in [-0.1, -0.05) is 6.07 Å². The Kier molecular flexibility index (Phi) is 6.24. The second kappa shape index (κ2) is 9.07. The lowest BCUT2D eigenvalue weighted by Gasteiger charge is -2.42. The van der Waals surface area contributed by atoms with Crippen LogP contribution in [0.4, 0.5) is 5.69 Å². The van der Waals surface area contributed by atoms with Crippen molar-refractivity contribution >= 4 is 34.7 Å². The number of amides is 3. The number of carbonyl (C=O) groups is 3. The first-order valence-electron chi connectivity index (χ1n) is 10.2. The number of nitrogens with zero attached hydrogens (tertiary/aromatic N) is 1. The summed E-state index contributed by atoms with van der Waals surface area (Å²) in [4.78, 5) is 39.6. The Balaban J connectivity index is 1.52. The van der Waals surface area contributed by atoms with Crippen LogP contribution in [0.3, 0.4) is 0 Å². The van der Waals surface area contributed by atoms with Crippen LogP contribution in [0.2, 0.25) is 0 Å². The van der Waals surface area contributed by atoms with Gasteiger partial charge in [0.1, 0.15) is 18.5 Å². The highest BCUT2D eigenvalue weighted by Crippen LogP contribution is 2.32. The van der Waals surface area contributed by atoms with Gasteiger partial charge in [-0.05, 0) is 42.5 Å². The van der Waals surface area contributed by atoms with Crippen LogP contribution in [-0.2, 0) is 9.53 Å². The fraction of sp³-hybridized carbons (Fsp3) is 0.409. The zero-order valence-electron chi connectivity index (χ0n) is 17.4. The highest BCUT2D eigenvalue weighted by atomic mass is 32.1. The van der Waals surface area contributed by atoms with Gasteiger partial charge in [0.25, 0.3) is 11.8 Å². The molecule has 4 rings (SSSR count). The van der Waals surface area contributed by atoms with E-state index < -0.39 is 0 Å². The highest BCUT2D eigenvalue weighted by molar-refractivity contribution is 7.12. The Morgan fingerprint density at radius 3 is 2.84 bits per heavy atom. The minimum absolute atomic E-state index is 0.0675. The van der Waals surface area contributed by atoms with Gasteiger partial charge in [-0.2, -0.15) is 0 Å². The second-order valence-corrected chi connectivity index (χ2v) is 8.64. The van der Waals surface area contributed by atoms with E-state index in [1.165, 1.54) is 11.3 Å². The molecular weight excluding hydrogens is 418 g/mol. The number of ether oxygens (including phenoxy) is 2. The maximum Gasteiger partial charge on any atom is 0.265 e. The zero-order valence-corrected chi connectivity index (χ0v) is 18.2. The molecule has 2 aromatic rings. The van der Waals surface area contributed by atoms with Gasteiger partial charge in [0.2, 0.25) is 5.91 Å². The maximum absolute atomic E-state index is 13.2. The van der Waals surface area contributed by atoms with Crippen LogP contribution in [-0.4, -0.2) is 61.6 Å². The fourth-order valence-electron chi connectivity index (χ4n) is 4.01. The molecule has 2 N–H and O–H groups in total. The average molecular weight is 444 g/mol. The molecule has 9 heteroatoms. The average Bonchev–Trinajstić information content (AvgIpc) is 3.32. The zero-order chi connectivity index (χ0) is 22.0. The molecule has 31 heavy (non-hydrogen) atoms. The lowest BCUT2D eigenvalue weighted by atomic mass is 9.94. The predicted octanol–water partition coefficient (Wildman–Crippen LogP) is 2.52. The van der Waals surface area contributed by atoms with Crippen molar-refractivity contribution in [3.8, 4) is 5.75 Å². The Morgan fingerprint density at radius 1 is 1.26 bits per heavy atom. The first kappa shape index (κ1) is 21.3. The Hall–Kier alpha value is -2.91. The third kappa shape index (κ3) is 4.57. The monoisotopic (exact) mass is 443 g/mol. The van der Waals surface area contributed by atoms with Gasteiger partial charge in [-0.3, -0.25) is 14.4 Å². The smallest absolute Gasteiger partial charge is 0.265 e. The van der Waals surface area contributed by atoms with Crippen molar-refractivity contribution in [2.75, 3.05) is 26.0 Å². The van der Waals surface area contributed by atoms with Gasteiger partial charge in [-0.15, -0.1) is 11.3 Å². The summed E-state index contributed by atoms with van der Waals surface area (Å²) in [6.07, 6.45) is 1.20. The lowest BCUT2D eigenvalue weighted by Crippen LogP contribution is -2.53. The molecule has 1 saturated heterocycles. The largest absolute Gasteiger partial charge is 0.490 e. The third-order valence-corrected chi connectivity index (χ3v) is 6.58. The normalized spacial score (nSPS) is 23.0. The van der Waals surface area contributed by atoms with Crippen molar-refractivity contribution in [3.05, 3.63) is 46.2 Å². The number of nitrogens with one attached hydrogen (secondary N) is 2. The molecule has 8 nitrogen and oxygen atoms in total. The summed E-state index contributed by atoms with van der Waals surface area (Å²) in [5.41, 5.74) is 0.933. The Morgan fingerprint density at radius 2 is 2.10 bits per heavy atom. The molecule has 2 aliphatic rings. The molecule has 3 amide bonds. The van der Waals surface area contributed by atoms with Crippen LogP contribution in [0, 0.1) is 0 Å². The number of hydrogen-bond acceptors (Lipinski definition) is 6. The van der Waals surface area contributed by atoms with Crippen LogP contribution in [0.25, 0.3) is 0 Å². The van der Waals surface area contributed by atoms with Crippen molar-refractivity contribution in [3.63, 3.8) is 0 Å². The van der Waals surface area contributed by atoms with Crippen LogP contribution < -0.4 is 15.4 Å². The summed E-state index contributed by atoms with van der Waals surface area (Å²) in [6, 6.07) is 8.47. The van der Waals surface area contributed by atoms with Crippen molar-refractivity contribution in [1.82, 2.24) is 10.2 Å². The van der Waals surface area contributed by atoms with Gasteiger partial charge in [0.15, 0.2) is 0 Å². The van der Waals surface area contributed by atoms with E-state index in [-0.39, 0.29) is 42.6 Å². The molecule has 2 aliphatic heterocycles. The predicted molar refractivity (Wildman–Crippen MR) is 117 cm³/mol. The van der Waals surface area contributed by atoms with Crippen molar-refractivity contribution in [2.45, 2.75) is 37.5 Å². The van der Waals surface area contributed by atoms with Gasteiger partial charge in [0, 0.05) is 19.8 Å². The molecular formula is C22H25N3O5S. The van der Waals surface area contributed by atoms with E-state index in [1.807, 2.05) is 11.4 Å². The minimum Gasteiger partial charge on any atom is -0.490 e. The molecule has 0 saturated carbocycles. The minimum atomic E-state index is -0.316. The summed E-state index contributed by atoms with van der Waals surface area (Å²) in [5, 5.41) is 7.29. The van der Waals surface area contributed by atoms with Crippen LogP contribution >= 0.6 is 11.3 Å². The number of fused-ring (bicyclic) bond motifs is 2. The number of likely N-dealkylation sites (N-methyl/N-ethyl adjacent to an activating group) is 1. The molecule has 3 atom stereocenters. The van der Waals surface area contributed by atoms with E-state index in [1.54, 1.807) is 43.3 Å². The Labute approximate surface area is 184 Å². The first-order chi connectivity index (χ1) is 15.0. The second-order valence-electron chi connectivity index (χ2n) is 7.69. The van der Waals surface area contributed by atoms with E-state index in [0.29, 0.717) is 34.7 Å². The van der Waals surface area contributed by atoms with Crippen LogP contribution in [0.1, 0.15) is 39.3 Å². The summed E-state index contributed by atoms with van der Waals surface area (Å²) in [6.45, 7) is 0.278. The van der Waals surface area contributed by atoms with Crippen molar-refractivity contribution in [2.24, 2.45) is 0 Å². The summed E-state index contributed by atoms with van der Waals surface area (Å²) >= 11 is 1.35. The van der Waals surface area contributed by atoms with E-state index in [4.69, 9.17) is 9.47 Å². The standard InChI is InChI=1S/C22H25N3O5S/c1-23-20(26)11-14-6-7-16-18(30-14)12-29-17-8-5-13(10-15(17)22(28)25(16)2)24-21(27)19-4-3-9-31-19/h3-5,8-10,14,16,18H,6-7,11-12H2,1-2H3,(H,23,26)(H,24,27)/t14-,16-,18+/m0/s1. The molecule has 164 valence electrons. The van der Waals surface area contributed by atoms with Crippen molar-refractivity contribution in [1.29, 1.82) is 0 Å². The third-order valence-electron chi connectivity index (χ3n) is 5.71. The molecule has 3 heterocycles. The summed E-state index contributed by atoms with van der Waals surface area (Å²) in [5.74, 6) is -0.0285. The van der Waals surface area contributed by atoms with Crippen LogP contribution in [0.5, 0.6) is 5.75 Å². The molecule has 1 aromatic carbocycles. The molecule has 0 bridgehead atoms. The quantitative estimate of drug-likeness (QED) is 0.757. The molecule has 0 unspecified atom stereocenters. The summed E-state index contributed by atoms with van der Waals surface area (Å²) in [7, 11) is 3.36. The molecule has 0 spiro atoms. The summed E-state index contributed by atoms with van der Waals surface area (Å²) < 4.78 is 12.1. The Bertz CT molecular complexity index is 978. The van der Waals surface area contributed by atoms with E-state index in [9.17, 15) is 14.4 Å². The van der Waals surface area contributed by atoms with Gasteiger partial charge < -0.3 is 25.0 Å². The van der Waals surface area contributed by atoms with Crippen LogP contribution in [0.15, 0.2) is 35.7 Å². The number of hydrogen-bond donors (Lipinski definition) is 2. The van der Waals surface area contributed by atoms with Crippen molar-refractivity contribution < 1.29 is 23.9 Å². The topological polar surface area (TPSA) is 97.0 Å². The number of carbonyl (C=O) groups excluding carboxylic acids is 3. The number of rotatable bonds is 4. The van der Waals surface area contributed by atoms with E-state index in [2.05, 4.69) is 10.6 Å². The number of anilines is 1. The SMILES string of the molecule is CNC(=O)C[C@@H]1CC[C@H]2[C@@H](COc3ccc(NC(=O)c4cccs4)cc3C(=O)N2C)O1. The molecule has 0 aliphatic carbocycles. The van der Waals surface area contributed by atoms with E-state index in [0.717, 1.165) is 6.42 Å². The molecule has 1 fully saturated rings. The maximum atomic E-state index is 13.2. The first-order valence-corrected chi connectivity index (χ1v) is 11.1. The van der Waals surface area contributed by atoms with E-state index >= 15 is 0 Å². The van der Waals surface area contributed by atoms with Gasteiger partial charge in [0.05, 0.1) is 29.0 Å². The molecule has 1 aromatic heterocycles. The fourth-order valence-corrected chi connectivity index (χ4v) is 4.63. The molecule has 0 radical (unpaired) electrons. The number of benzene rings is 1. The highest BCUT2D eigenvalue weighted by Gasteiger charge is 2.39. The number of thiophene rings is 1. The van der Waals surface area contributed by atoms with Gasteiger partial charge in [-0.25, -0.2) is 0 Å². The van der Waals surface area contributed by atoms with Gasteiger partial charge >= 0.3 is 0 Å². The lowest BCUT2D eigenvalue weighted by molar-refractivity contribution is -0.133.